The summed E-state index contributed by atoms with van der Waals surface area (Å²) < 4.78 is 13.0. The number of aromatic nitrogens is 4. The van der Waals surface area contributed by atoms with E-state index in [1.165, 1.54) is 24.1 Å². The second-order valence-electron chi connectivity index (χ2n) is 12.0. The van der Waals surface area contributed by atoms with Crippen molar-refractivity contribution in [2.24, 2.45) is 0 Å². The number of rotatable bonds is 7. The summed E-state index contributed by atoms with van der Waals surface area (Å²) in [6.07, 6.45) is 11.9. The summed E-state index contributed by atoms with van der Waals surface area (Å²) in [7, 11) is 1.67. The third-order valence-electron chi connectivity index (χ3n) is 7.66. The number of piperazine rings is 1. The Bertz CT molecular complexity index is 1580. The van der Waals surface area contributed by atoms with Gasteiger partial charge < -0.3 is 19.3 Å². The summed E-state index contributed by atoms with van der Waals surface area (Å²) in [6, 6.07) is 12.0. The Kier molecular flexibility index (Phi) is 7.58. The molecule has 0 bridgehead atoms. The molecule has 1 aromatic carbocycles. The van der Waals surface area contributed by atoms with Crippen LogP contribution in [0.25, 0.3) is 23.2 Å². The van der Waals surface area contributed by atoms with Gasteiger partial charge in [0.25, 0.3) is 0 Å². The van der Waals surface area contributed by atoms with E-state index in [2.05, 4.69) is 40.4 Å². The number of ether oxygens (including phenoxy) is 2. The number of pyridine rings is 2. The van der Waals surface area contributed by atoms with Crippen LogP contribution in [0.4, 0.5) is 10.5 Å². The summed E-state index contributed by atoms with van der Waals surface area (Å²) >= 11 is 0. The standard InChI is InChI=1S/C33H38N6O3/c1-33(2,3)42-32(40)38-18-16-37(17-19-38)30-27(25-10-11-25)21-35-31-29(30)28(14-9-23-6-5-15-34-20-23)36-39(31)22-24-7-12-26(41-4)13-8-24/h5-9,12-15,20-21,25H,10-11,16-19,22H2,1-4H3/b14-9+. The second kappa shape index (κ2) is 11.5. The molecule has 42 heavy (non-hydrogen) atoms. The van der Waals surface area contributed by atoms with Crippen molar-refractivity contribution >= 4 is 35.0 Å². The van der Waals surface area contributed by atoms with Crippen LogP contribution in [0.15, 0.2) is 55.0 Å². The van der Waals surface area contributed by atoms with Crippen LogP contribution in [0.1, 0.15) is 61.9 Å². The molecule has 6 rings (SSSR count). The Balaban J connectivity index is 1.39. The minimum Gasteiger partial charge on any atom is -0.497 e. The van der Waals surface area contributed by atoms with E-state index >= 15 is 0 Å². The number of hydrogen-bond donors (Lipinski definition) is 0. The molecule has 0 N–H and O–H groups in total. The number of fused-ring (bicyclic) bond motifs is 1. The summed E-state index contributed by atoms with van der Waals surface area (Å²) in [6.45, 7) is 8.93. The molecule has 4 heterocycles. The van der Waals surface area contributed by atoms with Crippen molar-refractivity contribution in [2.75, 3.05) is 38.2 Å². The average molecular weight is 567 g/mol. The lowest BCUT2D eigenvalue weighted by Crippen LogP contribution is -2.50. The van der Waals surface area contributed by atoms with Crippen LogP contribution in [-0.4, -0.2) is 69.6 Å². The first-order chi connectivity index (χ1) is 20.3. The number of carbonyl (C=O) groups is 1. The van der Waals surface area contributed by atoms with Crippen LogP contribution >= 0.6 is 0 Å². The minimum atomic E-state index is -0.515. The van der Waals surface area contributed by atoms with Gasteiger partial charge in [0.2, 0.25) is 0 Å². The molecule has 2 aliphatic rings. The molecule has 9 nitrogen and oxygen atoms in total. The lowest BCUT2D eigenvalue weighted by molar-refractivity contribution is 0.0240. The molecule has 0 unspecified atom stereocenters. The number of amides is 1. The van der Waals surface area contributed by atoms with Gasteiger partial charge in [0.15, 0.2) is 5.65 Å². The first-order valence-electron chi connectivity index (χ1n) is 14.6. The molecule has 1 aliphatic heterocycles. The molecular weight excluding hydrogens is 528 g/mol. The van der Waals surface area contributed by atoms with Gasteiger partial charge in [0.1, 0.15) is 11.4 Å². The van der Waals surface area contributed by atoms with E-state index in [4.69, 9.17) is 19.6 Å². The van der Waals surface area contributed by atoms with Crippen LogP contribution in [-0.2, 0) is 11.3 Å². The van der Waals surface area contributed by atoms with Gasteiger partial charge in [0.05, 0.1) is 30.4 Å². The molecule has 1 aliphatic carbocycles. The summed E-state index contributed by atoms with van der Waals surface area (Å²) in [5.74, 6) is 1.32. The third-order valence-corrected chi connectivity index (χ3v) is 7.66. The number of hydrogen-bond acceptors (Lipinski definition) is 7. The zero-order chi connectivity index (χ0) is 29.3. The highest BCUT2D eigenvalue weighted by molar-refractivity contribution is 5.99. The topological polar surface area (TPSA) is 85.6 Å². The average Bonchev–Trinajstić information content (AvgIpc) is 3.78. The summed E-state index contributed by atoms with van der Waals surface area (Å²) in [5.41, 5.74) is 5.80. The van der Waals surface area contributed by atoms with Crippen molar-refractivity contribution < 1.29 is 14.3 Å². The van der Waals surface area contributed by atoms with Gasteiger partial charge >= 0.3 is 6.09 Å². The first kappa shape index (κ1) is 27.8. The SMILES string of the molecule is COc1ccc(Cn2nc(/C=C/c3cccnc3)c3c(N4CCN(C(=O)OC(C)(C)C)CC4)c(C4CC4)cnc32)cc1. The first-order valence-corrected chi connectivity index (χ1v) is 14.6. The Morgan fingerprint density at radius 3 is 2.43 bits per heavy atom. The molecule has 2 fully saturated rings. The van der Waals surface area contributed by atoms with Gasteiger partial charge in [0, 0.05) is 44.8 Å². The van der Waals surface area contributed by atoms with Gasteiger partial charge in [-0.05, 0) is 80.5 Å². The van der Waals surface area contributed by atoms with Gasteiger partial charge in [-0.2, -0.15) is 5.10 Å². The smallest absolute Gasteiger partial charge is 0.410 e. The van der Waals surface area contributed by atoms with Crippen LogP contribution < -0.4 is 9.64 Å². The second-order valence-corrected chi connectivity index (χ2v) is 12.0. The molecule has 1 amide bonds. The lowest BCUT2D eigenvalue weighted by Gasteiger charge is -2.37. The molecule has 1 saturated heterocycles. The van der Waals surface area contributed by atoms with Crippen molar-refractivity contribution in [3.8, 4) is 5.75 Å². The Labute approximate surface area is 246 Å². The molecule has 1 saturated carbocycles. The van der Waals surface area contributed by atoms with Crippen molar-refractivity contribution in [3.63, 3.8) is 0 Å². The third kappa shape index (κ3) is 6.10. The predicted molar refractivity (Wildman–Crippen MR) is 165 cm³/mol. The maximum absolute atomic E-state index is 12.8. The quantitative estimate of drug-likeness (QED) is 0.272. The van der Waals surface area contributed by atoms with Crippen molar-refractivity contribution in [1.29, 1.82) is 0 Å². The van der Waals surface area contributed by atoms with Crippen molar-refractivity contribution in [2.45, 2.75) is 51.7 Å². The normalized spacial score (nSPS) is 15.9. The van der Waals surface area contributed by atoms with Crippen molar-refractivity contribution in [1.82, 2.24) is 24.6 Å². The maximum atomic E-state index is 12.8. The fourth-order valence-electron chi connectivity index (χ4n) is 5.42. The zero-order valence-corrected chi connectivity index (χ0v) is 24.8. The molecule has 0 radical (unpaired) electrons. The predicted octanol–water partition coefficient (Wildman–Crippen LogP) is 5.99. The number of carbonyl (C=O) groups excluding carboxylic acids is 1. The largest absolute Gasteiger partial charge is 0.497 e. The fraction of sp³-hybridized carbons (Fsp3) is 0.394. The van der Waals surface area contributed by atoms with Crippen LogP contribution in [0.5, 0.6) is 5.75 Å². The molecule has 3 aromatic heterocycles. The van der Waals surface area contributed by atoms with Gasteiger partial charge in [-0.3, -0.25) is 4.98 Å². The Morgan fingerprint density at radius 1 is 1.02 bits per heavy atom. The van der Waals surface area contributed by atoms with E-state index in [0.717, 1.165) is 33.6 Å². The van der Waals surface area contributed by atoms with E-state index in [-0.39, 0.29) is 6.09 Å². The van der Waals surface area contributed by atoms with Gasteiger partial charge in [-0.1, -0.05) is 24.3 Å². The number of benzene rings is 1. The molecule has 4 aromatic rings. The maximum Gasteiger partial charge on any atom is 0.410 e. The lowest BCUT2D eigenvalue weighted by atomic mass is 10.0. The molecule has 218 valence electrons. The Morgan fingerprint density at radius 2 is 1.79 bits per heavy atom. The highest BCUT2D eigenvalue weighted by Crippen LogP contribution is 2.47. The van der Waals surface area contributed by atoms with Crippen LogP contribution in [0.2, 0.25) is 0 Å². The van der Waals surface area contributed by atoms with E-state index in [9.17, 15) is 4.79 Å². The molecule has 9 heteroatoms. The number of nitrogens with zero attached hydrogens (tertiary/aromatic N) is 6. The summed E-state index contributed by atoms with van der Waals surface area (Å²) in [5, 5.41) is 6.16. The number of methoxy groups -OCH3 is 1. The highest BCUT2D eigenvalue weighted by Gasteiger charge is 2.34. The summed E-state index contributed by atoms with van der Waals surface area (Å²) in [4.78, 5) is 26.3. The van der Waals surface area contributed by atoms with Gasteiger partial charge in [-0.15, -0.1) is 0 Å². The molecular formula is C33H38N6O3. The van der Waals surface area contributed by atoms with E-state index in [1.54, 1.807) is 13.3 Å². The van der Waals surface area contributed by atoms with Crippen LogP contribution in [0.3, 0.4) is 0 Å². The highest BCUT2D eigenvalue weighted by atomic mass is 16.6. The van der Waals surface area contributed by atoms with Crippen LogP contribution in [0, 0.1) is 0 Å². The van der Waals surface area contributed by atoms with E-state index in [0.29, 0.717) is 38.6 Å². The van der Waals surface area contributed by atoms with Crippen molar-refractivity contribution in [3.05, 3.63) is 77.4 Å². The Hall–Kier alpha value is -4.40. The minimum absolute atomic E-state index is 0.253. The van der Waals surface area contributed by atoms with E-state index < -0.39 is 5.60 Å². The van der Waals surface area contributed by atoms with E-state index in [1.807, 2.05) is 60.8 Å². The monoisotopic (exact) mass is 566 g/mol. The zero-order valence-electron chi connectivity index (χ0n) is 24.8. The number of anilines is 1. The molecule has 0 atom stereocenters. The van der Waals surface area contributed by atoms with Gasteiger partial charge in [-0.25, -0.2) is 14.5 Å². The fourth-order valence-corrected chi connectivity index (χ4v) is 5.42. The molecule has 0 spiro atoms.